The van der Waals surface area contributed by atoms with Gasteiger partial charge in [-0.2, -0.15) is 0 Å². The third kappa shape index (κ3) is 3.25. The van der Waals surface area contributed by atoms with E-state index in [4.69, 9.17) is 9.97 Å². The zero-order chi connectivity index (χ0) is 22.5. The summed E-state index contributed by atoms with van der Waals surface area (Å²) < 4.78 is 1.99. The summed E-state index contributed by atoms with van der Waals surface area (Å²) in [6.45, 7) is 2.40. The molecule has 2 aliphatic heterocycles. The fourth-order valence-corrected chi connectivity index (χ4v) is 4.83. The number of hydrogen-bond acceptors (Lipinski definition) is 6. The van der Waals surface area contributed by atoms with Crippen LogP contribution in [0.15, 0.2) is 48.9 Å². The third-order valence-electron chi connectivity index (χ3n) is 6.71. The van der Waals surface area contributed by atoms with E-state index in [2.05, 4.69) is 20.5 Å². The van der Waals surface area contributed by atoms with Crippen molar-refractivity contribution < 1.29 is 4.79 Å². The lowest BCUT2D eigenvalue weighted by Crippen LogP contribution is -2.57. The van der Waals surface area contributed by atoms with Crippen molar-refractivity contribution in [3.8, 4) is 11.3 Å². The second-order valence-corrected chi connectivity index (χ2v) is 8.75. The molecule has 2 aliphatic rings. The number of rotatable bonds is 5. The van der Waals surface area contributed by atoms with E-state index in [0.29, 0.717) is 19.0 Å². The molecule has 1 fully saturated rings. The van der Waals surface area contributed by atoms with Crippen molar-refractivity contribution in [2.75, 3.05) is 25.0 Å². The molecule has 0 unspecified atom stereocenters. The molecule has 0 aromatic carbocycles. The van der Waals surface area contributed by atoms with Gasteiger partial charge in [0, 0.05) is 79.9 Å². The van der Waals surface area contributed by atoms with Gasteiger partial charge < -0.3 is 20.1 Å². The van der Waals surface area contributed by atoms with Gasteiger partial charge in [0.25, 0.3) is 5.91 Å². The van der Waals surface area contributed by atoms with E-state index in [1.54, 1.807) is 6.20 Å². The first kappa shape index (κ1) is 19.9. The van der Waals surface area contributed by atoms with Gasteiger partial charge in [-0.15, -0.1) is 0 Å². The van der Waals surface area contributed by atoms with Gasteiger partial charge in [-0.05, 0) is 36.9 Å². The van der Waals surface area contributed by atoms with Gasteiger partial charge in [0.15, 0.2) is 0 Å². The molecule has 0 aliphatic carbocycles. The number of nitrogens with one attached hydrogen (secondary N) is 2. The molecule has 4 aromatic rings. The molecule has 0 radical (unpaired) electrons. The standard InChI is InChI=1S/C25H25N7O/c1-26-17-13-32(14-17)21-5-3-4-16(30-21)10-15-11-28-23(20-12-29-25(33)22(15)20)18-6-8-27-24-19(18)7-9-31(24)2/h3-9,11,17,26H,10,12-14H2,1-2H3,(H,29,33). The van der Waals surface area contributed by atoms with Crippen LogP contribution in [-0.4, -0.2) is 51.6 Å². The van der Waals surface area contributed by atoms with E-state index in [1.165, 1.54) is 0 Å². The van der Waals surface area contributed by atoms with E-state index in [-0.39, 0.29) is 5.91 Å². The summed E-state index contributed by atoms with van der Waals surface area (Å²) in [5.41, 5.74) is 6.26. The van der Waals surface area contributed by atoms with Gasteiger partial charge >= 0.3 is 0 Å². The van der Waals surface area contributed by atoms with Crippen molar-refractivity contribution in [3.05, 3.63) is 71.3 Å². The monoisotopic (exact) mass is 439 g/mol. The smallest absolute Gasteiger partial charge is 0.252 e. The Morgan fingerprint density at radius 3 is 2.91 bits per heavy atom. The molecular formula is C25H25N7O. The summed E-state index contributed by atoms with van der Waals surface area (Å²) in [5.74, 6) is 0.936. The molecule has 0 saturated carbocycles. The number of nitrogens with zero attached hydrogens (tertiary/aromatic N) is 5. The van der Waals surface area contributed by atoms with E-state index < -0.39 is 0 Å². The number of carbonyl (C=O) groups is 1. The molecule has 33 heavy (non-hydrogen) atoms. The van der Waals surface area contributed by atoms with Crippen LogP contribution in [0.2, 0.25) is 0 Å². The van der Waals surface area contributed by atoms with Crippen molar-refractivity contribution in [2.24, 2.45) is 7.05 Å². The third-order valence-corrected chi connectivity index (χ3v) is 6.71. The van der Waals surface area contributed by atoms with Crippen LogP contribution in [0.3, 0.4) is 0 Å². The number of aryl methyl sites for hydroxylation is 1. The second-order valence-electron chi connectivity index (χ2n) is 8.75. The largest absolute Gasteiger partial charge is 0.353 e. The van der Waals surface area contributed by atoms with Gasteiger partial charge in [-0.1, -0.05) is 6.07 Å². The summed E-state index contributed by atoms with van der Waals surface area (Å²) in [4.78, 5) is 29.3. The van der Waals surface area contributed by atoms with Crippen LogP contribution in [0.4, 0.5) is 5.82 Å². The number of aromatic nitrogens is 4. The Kier molecular flexibility index (Phi) is 4.62. The lowest BCUT2D eigenvalue weighted by Gasteiger charge is -2.40. The lowest BCUT2D eigenvalue weighted by atomic mass is 9.96. The average molecular weight is 440 g/mol. The molecule has 0 atom stereocenters. The highest BCUT2D eigenvalue weighted by Crippen LogP contribution is 2.34. The molecule has 6 heterocycles. The Morgan fingerprint density at radius 2 is 2.06 bits per heavy atom. The number of fused-ring (bicyclic) bond motifs is 2. The predicted octanol–water partition coefficient (Wildman–Crippen LogP) is 2.27. The molecular weight excluding hydrogens is 414 g/mol. The summed E-state index contributed by atoms with van der Waals surface area (Å²) >= 11 is 0. The van der Waals surface area contributed by atoms with Crippen LogP contribution in [0.1, 0.15) is 27.2 Å². The van der Waals surface area contributed by atoms with E-state index in [9.17, 15) is 4.79 Å². The van der Waals surface area contributed by atoms with Crippen LogP contribution in [0.5, 0.6) is 0 Å². The van der Waals surface area contributed by atoms with Crippen molar-refractivity contribution in [3.63, 3.8) is 0 Å². The number of likely N-dealkylation sites (N-methyl/N-ethyl adjacent to an activating group) is 1. The molecule has 4 aromatic heterocycles. The highest BCUT2D eigenvalue weighted by Gasteiger charge is 2.29. The second kappa shape index (κ2) is 7.67. The fourth-order valence-electron chi connectivity index (χ4n) is 4.83. The maximum absolute atomic E-state index is 12.8. The SMILES string of the molecule is CNC1CN(c2cccc(Cc3cnc(-c4ccnc5c4ccn5C)c4c3C(=O)NC4)n2)C1. The number of amides is 1. The van der Waals surface area contributed by atoms with Crippen LogP contribution < -0.4 is 15.5 Å². The topological polar surface area (TPSA) is 88.0 Å². The zero-order valence-corrected chi connectivity index (χ0v) is 18.7. The number of hydrogen-bond donors (Lipinski definition) is 2. The summed E-state index contributed by atoms with van der Waals surface area (Å²) in [6, 6.07) is 10.6. The Labute approximate surface area is 191 Å². The molecule has 6 rings (SSSR count). The molecule has 166 valence electrons. The van der Waals surface area contributed by atoms with Crippen molar-refractivity contribution in [2.45, 2.75) is 19.0 Å². The highest BCUT2D eigenvalue weighted by molar-refractivity contribution is 6.03. The van der Waals surface area contributed by atoms with Crippen molar-refractivity contribution in [1.29, 1.82) is 0 Å². The summed E-state index contributed by atoms with van der Waals surface area (Å²) in [5, 5.41) is 7.32. The fraction of sp³-hybridized carbons (Fsp3) is 0.280. The molecule has 8 heteroatoms. The van der Waals surface area contributed by atoms with Crippen LogP contribution in [-0.2, 0) is 20.0 Å². The van der Waals surface area contributed by atoms with Gasteiger partial charge in [-0.3, -0.25) is 9.78 Å². The van der Waals surface area contributed by atoms with Gasteiger partial charge in [0.2, 0.25) is 0 Å². The first-order valence-corrected chi connectivity index (χ1v) is 11.2. The average Bonchev–Trinajstić information content (AvgIpc) is 3.37. The molecule has 1 saturated heterocycles. The van der Waals surface area contributed by atoms with Crippen LogP contribution in [0.25, 0.3) is 22.3 Å². The molecule has 8 nitrogen and oxygen atoms in total. The molecule has 1 amide bonds. The minimum Gasteiger partial charge on any atom is -0.353 e. The Balaban J connectivity index is 1.37. The molecule has 0 bridgehead atoms. The molecule has 0 spiro atoms. The van der Waals surface area contributed by atoms with Crippen molar-refractivity contribution >= 4 is 22.8 Å². The van der Waals surface area contributed by atoms with Gasteiger partial charge in [0.1, 0.15) is 11.5 Å². The van der Waals surface area contributed by atoms with E-state index in [1.807, 2.05) is 61.4 Å². The predicted molar refractivity (Wildman–Crippen MR) is 127 cm³/mol. The Morgan fingerprint density at radius 1 is 1.18 bits per heavy atom. The van der Waals surface area contributed by atoms with Crippen molar-refractivity contribution in [1.82, 2.24) is 30.2 Å². The molecule has 2 N–H and O–H groups in total. The maximum atomic E-state index is 12.8. The Bertz CT molecular complexity index is 1390. The van der Waals surface area contributed by atoms with Crippen LogP contribution in [0, 0.1) is 0 Å². The summed E-state index contributed by atoms with van der Waals surface area (Å²) in [6.07, 6.45) is 6.20. The first-order valence-electron chi connectivity index (χ1n) is 11.2. The Hall–Kier alpha value is -3.78. The first-order chi connectivity index (χ1) is 16.1. The minimum absolute atomic E-state index is 0.0437. The summed E-state index contributed by atoms with van der Waals surface area (Å²) in [7, 11) is 3.97. The minimum atomic E-state index is -0.0437. The maximum Gasteiger partial charge on any atom is 0.252 e. The zero-order valence-electron chi connectivity index (χ0n) is 18.7. The van der Waals surface area contributed by atoms with Crippen LogP contribution >= 0.6 is 0 Å². The number of anilines is 1. The number of pyridine rings is 3. The lowest BCUT2D eigenvalue weighted by molar-refractivity contribution is 0.0965. The quantitative estimate of drug-likeness (QED) is 0.496. The number of carbonyl (C=O) groups excluding carboxylic acids is 1. The van der Waals surface area contributed by atoms with E-state index in [0.717, 1.165) is 63.6 Å². The van der Waals surface area contributed by atoms with Gasteiger partial charge in [-0.25, -0.2) is 9.97 Å². The van der Waals surface area contributed by atoms with Gasteiger partial charge in [0.05, 0.1) is 11.3 Å². The van der Waals surface area contributed by atoms with E-state index >= 15 is 0 Å². The normalized spacial score (nSPS) is 15.6. The highest BCUT2D eigenvalue weighted by atomic mass is 16.1.